The molecule has 0 spiro atoms. The van der Waals surface area contributed by atoms with Gasteiger partial charge in [0.05, 0.1) is 12.2 Å². The summed E-state index contributed by atoms with van der Waals surface area (Å²) in [7, 11) is 1.80. The normalized spacial score (nSPS) is 11.6. The highest BCUT2D eigenvalue weighted by Crippen LogP contribution is 2.17. The molecule has 146 valence electrons. The fraction of sp³-hybridized carbons (Fsp3) is 0.400. The standard InChI is InChI=1S/C20H27N5S.HI/c1-15(2)17-14-26-19(24-17)13-23-20(21-3)22-10-6-11-25-12-9-16-7-4-5-8-18(16)25;/h4-5,7-9,12,14-15H,6,10-11,13H2,1-3H3,(H2,21,22,23);1H. The average molecular weight is 497 g/mol. The zero-order valence-electron chi connectivity index (χ0n) is 16.1. The van der Waals surface area contributed by atoms with Crippen LogP contribution >= 0.6 is 35.3 Å². The summed E-state index contributed by atoms with van der Waals surface area (Å²) >= 11 is 1.70. The van der Waals surface area contributed by atoms with Gasteiger partial charge in [0.2, 0.25) is 0 Å². The molecule has 5 nitrogen and oxygen atoms in total. The van der Waals surface area contributed by atoms with Crippen LogP contribution in [0.1, 0.15) is 36.9 Å². The zero-order valence-corrected chi connectivity index (χ0v) is 19.3. The van der Waals surface area contributed by atoms with E-state index in [0.29, 0.717) is 12.5 Å². The number of fused-ring (bicyclic) bond motifs is 1. The number of nitrogens with one attached hydrogen (secondary N) is 2. The summed E-state index contributed by atoms with van der Waals surface area (Å²) in [4.78, 5) is 8.94. The molecule has 0 unspecified atom stereocenters. The molecule has 1 aromatic carbocycles. The molecule has 7 heteroatoms. The summed E-state index contributed by atoms with van der Waals surface area (Å²) in [5, 5.41) is 11.2. The van der Waals surface area contributed by atoms with Crippen molar-refractivity contribution in [2.45, 2.75) is 39.3 Å². The lowest BCUT2D eigenvalue weighted by Crippen LogP contribution is -2.37. The van der Waals surface area contributed by atoms with Gasteiger partial charge in [0.15, 0.2) is 5.96 Å². The maximum atomic E-state index is 4.65. The van der Waals surface area contributed by atoms with Crippen LogP contribution in [0.5, 0.6) is 0 Å². The lowest BCUT2D eigenvalue weighted by atomic mass is 10.2. The molecule has 0 saturated heterocycles. The second kappa shape index (κ2) is 10.7. The van der Waals surface area contributed by atoms with Crippen molar-refractivity contribution in [2.24, 2.45) is 4.99 Å². The molecule has 0 bridgehead atoms. The number of thiazole rings is 1. The van der Waals surface area contributed by atoms with Crippen molar-refractivity contribution in [1.82, 2.24) is 20.2 Å². The van der Waals surface area contributed by atoms with E-state index in [4.69, 9.17) is 0 Å². The molecule has 0 aliphatic carbocycles. The molecule has 3 aromatic rings. The average Bonchev–Trinajstić information content (AvgIpc) is 3.28. The van der Waals surface area contributed by atoms with Crippen LogP contribution in [0.3, 0.4) is 0 Å². The lowest BCUT2D eigenvalue weighted by Gasteiger charge is -2.11. The Labute approximate surface area is 182 Å². The van der Waals surface area contributed by atoms with Crippen LogP contribution in [0.4, 0.5) is 0 Å². The summed E-state index contributed by atoms with van der Waals surface area (Å²) in [6.07, 6.45) is 3.20. The maximum absolute atomic E-state index is 4.65. The minimum atomic E-state index is 0. The first-order chi connectivity index (χ1) is 12.7. The summed E-state index contributed by atoms with van der Waals surface area (Å²) in [5.41, 5.74) is 2.45. The van der Waals surface area contributed by atoms with Crippen LogP contribution in [0.2, 0.25) is 0 Å². The molecule has 0 fully saturated rings. The fourth-order valence-corrected chi connectivity index (χ4v) is 3.74. The number of guanidine groups is 1. The predicted octanol–water partition coefficient (Wildman–Crippen LogP) is 4.59. The molecule has 0 saturated carbocycles. The third-order valence-corrected chi connectivity index (χ3v) is 5.21. The number of rotatable bonds is 7. The predicted molar refractivity (Wildman–Crippen MR) is 126 cm³/mol. The molecule has 3 rings (SSSR count). The van der Waals surface area contributed by atoms with Gasteiger partial charge in [-0.25, -0.2) is 4.98 Å². The van der Waals surface area contributed by atoms with Crippen molar-refractivity contribution >= 4 is 52.2 Å². The van der Waals surface area contributed by atoms with Gasteiger partial charge in [-0.05, 0) is 29.9 Å². The van der Waals surface area contributed by atoms with E-state index < -0.39 is 0 Å². The number of aromatic nitrogens is 2. The van der Waals surface area contributed by atoms with Gasteiger partial charge in [0, 0.05) is 37.2 Å². The van der Waals surface area contributed by atoms with Gasteiger partial charge in [-0.15, -0.1) is 35.3 Å². The molecule has 27 heavy (non-hydrogen) atoms. The van der Waals surface area contributed by atoms with E-state index in [2.05, 4.69) is 80.9 Å². The van der Waals surface area contributed by atoms with Gasteiger partial charge < -0.3 is 15.2 Å². The van der Waals surface area contributed by atoms with Gasteiger partial charge in [-0.1, -0.05) is 32.0 Å². The highest BCUT2D eigenvalue weighted by Gasteiger charge is 2.06. The van der Waals surface area contributed by atoms with E-state index in [1.54, 1.807) is 18.4 Å². The zero-order chi connectivity index (χ0) is 18.4. The third-order valence-electron chi connectivity index (χ3n) is 4.34. The topological polar surface area (TPSA) is 54.2 Å². The van der Waals surface area contributed by atoms with E-state index >= 15 is 0 Å². The molecular weight excluding hydrogens is 469 g/mol. The van der Waals surface area contributed by atoms with Gasteiger partial charge in [0.25, 0.3) is 0 Å². The summed E-state index contributed by atoms with van der Waals surface area (Å²) in [6, 6.07) is 10.7. The van der Waals surface area contributed by atoms with E-state index in [1.165, 1.54) is 10.9 Å². The first-order valence-electron chi connectivity index (χ1n) is 9.10. The summed E-state index contributed by atoms with van der Waals surface area (Å²) in [6.45, 7) is 6.91. The number of hydrogen-bond donors (Lipinski definition) is 2. The van der Waals surface area contributed by atoms with Crippen LogP contribution in [-0.2, 0) is 13.1 Å². The lowest BCUT2D eigenvalue weighted by molar-refractivity contribution is 0.640. The van der Waals surface area contributed by atoms with E-state index in [9.17, 15) is 0 Å². The smallest absolute Gasteiger partial charge is 0.191 e. The molecule has 0 aliphatic rings. The Hall–Kier alpha value is -1.61. The Morgan fingerprint density at radius 3 is 2.78 bits per heavy atom. The molecule has 0 amide bonds. The Morgan fingerprint density at radius 2 is 2.04 bits per heavy atom. The first-order valence-corrected chi connectivity index (χ1v) is 9.98. The van der Waals surface area contributed by atoms with Crippen LogP contribution in [0.15, 0.2) is 46.9 Å². The van der Waals surface area contributed by atoms with Gasteiger partial charge in [0.1, 0.15) is 5.01 Å². The van der Waals surface area contributed by atoms with E-state index in [1.807, 2.05) is 0 Å². The van der Waals surface area contributed by atoms with Crippen molar-refractivity contribution < 1.29 is 0 Å². The second-order valence-corrected chi connectivity index (χ2v) is 7.54. The maximum Gasteiger partial charge on any atom is 0.191 e. The SMILES string of the molecule is CN=C(NCCCn1ccc2ccccc21)NCc1nc(C(C)C)cs1.I. The van der Waals surface area contributed by atoms with Gasteiger partial charge >= 0.3 is 0 Å². The quantitative estimate of drug-likeness (QED) is 0.217. The Morgan fingerprint density at radius 1 is 1.22 bits per heavy atom. The molecule has 2 aromatic heterocycles. The molecule has 2 heterocycles. The van der Waals surface area contributed by atoms with Crippen LogP contribution < -0.4 is 10.6 Å². The Balaban J connectivity index is 0.00000261. The monoisotopic (exact) mass is 497 g/mol. The van der Waals surface area contributed by atoms with E-state index in [-0.39, 0.29) is 24.0 Å². The van der Waals surface area contributed by atoms with Gasteiger partial charge in [-0.2, -0.15) is 0 Å². The van der Waals surface area contributed by atoms with Crippen LogP contribution in [-0.4, -0.2) is 29.1 Å². The highest BCUT2D eigenvalue weighted by atomic mass is 127. The number of aliphatic imine (C=N–C) groups is 1. The molecule has 0 atom stereocenters. The number of halogens is 1. The van der Waals surface area contributed by atoms with Crippen molar-refractivity contribution in [3.63, 3.8) is 0 Å². The van der Waals surface area contributed by atoms with Crippen molar-refractivity contribution in [1.29, 1.82) is 0 Å². The van der Waals surface area contributed by atoms with Crippen molar-refractivity contribution in [3.05, 3.63) is 52.6 Å². The Kier molecular flexibility index (Phi) is 8.56. The van der Waals surface area contributed by atoms with E-state index in [0.717, 1.165) is 36.2 Å². The van der Waals surface area contributed by atoms with Crippen molar-refractivity contribution in [2.75, 3.05) is 13.6 Å². The van der Waals surface area contributed by atoms with Crippen molar-refractivity contribution in [3.8, 4) is 0 Å². The number of nitrogens with zero attached hydrogens (tertiary/aromatic N) is 3. The second-order valence-electron chi connectivity index (χ2n) is 6.59. The number of para-hydroxylation sites is 1. The highest BCUT2D eigenvalue weighted by molar-refractivity contribution is 14.0. The van der Waals surface area contributed by atoms with Crippen LogP contribution in [0, 0.1) is 0 Å². The molecule has 2 N–H and O–H groups in total. The largest absolute Gasteiger partial charge is 0.356 e. The third kappa shape index (κ3) is 5.93. The fourth-order valence-electron chi connectivity index (χ4n) is 2.84. The minimum Gasteiger partial charge on any atom is -0.356 e. The number of aryl methyl sites for hydroxylation is 1. The number of benzene rings is 1. The van der Waals surface area contributed by atoms with Gasteiger partial charge in [-0.3, -0.25) is 4.99 Å². The molecule has 0 aliphatic heterocycles. The van der Waals surface area contributed by atoms with Crippen LogP contribution in [0.25, 0.3) is 10.9 Å². The molecular formula is C20H28IN5S. The first kappa shape index (κ1) is 21.7. The summed E-state index contributed by atoms with van der Waals surface area (Å²) < 4.78 is 2.30. The number of hydrogen-bond acceptors (Lipinski definition) is 3. The molecule has 0 radical (unpaired) electrons. The minimum absolute atomic E-state index is 0. The summed E-state index contributed by atoms with van der Waals surface area (Å²) in [5.74, 6) is 1.30. The Bertz CT molecular complexity index is 868.